The molecule has 1 fully saturated rings. The van der Waals surface area contributed by atoms with Crippen molar-refractivity contribution in [3.63, 3.8) is 0 Å². The highest BCUT2D eigenvalue weighted by Crippen LogP contribution is 2.31. The summed E-state index contributed by atoms with van der Waals surface area (Å²) in [7, 11) is 1.77. The van der Waals surface area contributed by atoms with E-state index in [2.05, 4.69) is 5.32 Å². The average Bonchev–Trinajstić information content (AvgIpc) is 2.61. The van der Waals surface area contributed by atoms with Gasteiger partial charge in [-0.1, -0.05) is 0 Å². The van der Waals surface area contributed by atoms with Gasteiger partial charge in [0.05, 0.1) is 6.42 Å². The van der Waals surface area contributed by atoms with Gasteiger partial charge in [0.2, 0.25) is 11.8 Å². The number of hydrogen-bond acceptors (Lipinski definition) is 3. The Labute approximate surface area is 111 Å². The highest BCUT2D eigenvalue weighted by molar-refractivity contribution is 6.02. The largest absolute Gasteiger partial charge is 0.328 e. The third-order valence-corrected chi connectivity index (χ3v) is 3.97. The fourth-order valence-electron chi connectivity index (χ4n) is 2.67. The van der Waals surface area contributed by atoms with Gasteiger partial charge in [-0.15, -0.1) is 0 Å². The van der Waals surface area contributed by atoms with Gasteiger partial charge in [0.1, 0.15) is 0 Å². The molecule has 1 heterocycles. The van der Waals surface area contributed by atoms with Crippen LogP contribution in [0.4, 0.5) is 11.4 Å². The van der Waals surface area contributed by atoms with E-state index in [1.54, 1.807) is 11.9 Å². The zero-order chi connectivity index (χ0) is 13.6. The summed E-state index contributed by atoms with van der Waals surface area (Å²) in [4.78, 5) is 25.2. The van der Waals surface area contributed by atoms with Crippen molar-refractivity contribution in [2.24, 2.45) is 11.7 Å². The number of anilines is 2. The summed E-state index contributed by atoms with van der Waals surface area (Å²) in [5.74, 6) is 0.148. The lowest BCUT2D eigenvalue weighted by molar-refractivity contribution is -0.122. The molecule has 2 amide bonds. The minimum atomic E-state index is 0.0272. The Kier molecular flexibility index (Phi) is 2.78. The number of fused-ring (bicyclic) bond motifs is 1. The fraction of sp³-hybridized carbons (Fsp3) is 0.429. The van der Waals surface area contributed by atoms with E-state index in [-0.39, 0.29) is 23.8 Å². The molecule has 1 aliphatic carbocycles. The third kappa shape index (κ3) is 2.10. The standard InChI is InChI=1S/C14H17N3O2/c1-17-12-3-2-11(6-8(12)7-13(17)18)16-14(19)9-4-10(15)5-9/h2-3,6,9-10H,4-5,7,15H2,1H3,(H,16,19). The number of nitrogens with two attached hydrogens (primary N) is 1. The maximum Gasteiger partial charge on any atom is 0.231 e. The van der Waals surface area contributed by atoms with Crippen LogP contribution in [0.5, 0.6) is 0 Å². The van der Waals surface area contributed by atoms with Crippen LogP contribution in [-0.4, -0.2) is 24.9 Å². The van der Waals surface area contributed by atoms with Crippen LogP contribution in [-0.2, 0) is 16.0 Å². The van der Waals surface area contributed by atoms with E-state index in [1.807, 2.05) is 18.2 Å². The first kappa shape index (κ1) is 12.2. The van der Waals surface area contributed by atoms with Gasteiger partial charge in [-0.25, -0.2) is 0 Å². The molecule has 0 saturated heterocycles. The Morgan fingerprint density at radius 2 is 2.16 bits per heavy atom. The van der Waals surface area contributed by atoms with Crippen molar-refractivity contribution in [3.8, 4) is 0 Å². The predicted molar refractivity (Wildman–Crippen MR) is 72.9 cm³/mol. The molecule has 5 nitrogen and oxygen atoms in total. The summed E-state index contributed by atoms with van der Waals surface area (Å²) in [5, 5.41) is 2.90. The number of likely N-dealkylation sites (N-methyl/N-ethyl adjacent to an activating group) is 1. The molecule has 0 spiro atoms. The molecule has 2 aliphatic rings. The second-order valence-electron chi connectivity index (χ2n) is 5.39. The van der Waals surface area contributed by atoms with Crippen molar-refractivity contribution in [1.29, 1.82) is 0 Å². The quantitative estimate of drug-likeness (QED) is 0.828. The summed E-state index contributed by atoms with van der Waals surface area (Å²) in [6, 6.07) is 5.77. The van der Waals surface area contributed by atoms with Crippen molar-refractivity contribution in [2.75, 3.05) is 17.3 Å². The number of rotatable bonds is 2. The lowest BCUT2D eigenvalue weighted by atomic mass is 9.80. The van der Waals surface area contributed by atoms with E-state index in [0.717, 1.165) is 29.8 Å². The first-order valence-electron chi connectivity index (χ1n) is 6.50. The lowest BCUT2D eigenvalue weighted by Crippen LogP contribution is -2.42. The first-order valence-corrected chi connectivity index (χ1v) is 6.50. The number of carbonyl (C=O) groups is 2. The summed E-state index contributed by atoms with van der Waals surface area (Å²) >= 11 is 0. The molecule has 0 atom stereocenters. The lowest BCUT2D eigenvalue weighted by Gasteiger charge is -2.31. The molecule has 0 aromatic heterocycles. The van der Waals surface area contributed by atoms with Crippen LogP contribution in [0, 0.1) is 5.92 Å². The number of benzene rings is 1. The number of amides is 2. The first-order chi connectivity index (χ1) is 9.04. The van der Waals surface area contributed by atoms with E-state index >= 15 is 0 Å². The van der Waals surface area contributed by atoms with Gasteiger partial charge in [0.15, 0.2) is 0 Å². The SMILES string of the molecule is CN1C(=O)Cc2cc(NC(=O)C3CC(N)C3)ccc21. The van der Waals surface area contributed by atoms with Crippen LogP contribution in [0.25, 0.3) is 0 Å². The van der Waals surface area contributed by atoms with E-state index in [9.17, 15) is 9.59 Å². The number of hydrogen-bond donors (Lipinski definition) is 2. The fourth-order valence-corrected chi connectivity index (χ4v) is 2.67. The smallest absolute Gasteiger partial charge is 0.231 e. The molecule has 1 aliphatic heterocycles. The van der Waals surface area contributed by atoms with Gasteiger partial charge in [-0.05, 0) is 36.6 Å². The maximum absolute atomic E-state index is 11.9. The average molecular weight is 259 g/mol. The van der Waals surface area contributed by atoms with E-state index in [1.165, 1.54) is 0 Å². The third-order valence-electron chi connectivity index (χ3n) is 3.97. The predicted octanol–water partition coefficient (Wildman–Crippen LogP) is 0.881. The van der Waals surface area contributed by atoms with Crippen molar-refractivity contribution >= 4 is 23.2 Å². The minimum Gasteiger partial charge on any atom is -0.328 e. The summed E-state index contributed by atoms with van der Waals surface area (Å²) in [6.45, 7) is 0. The van der Waals surface area contributed by atoms with Crippen molar-refractivity contribution in [1.82, 2.24) is 0 Å². The van der Waals surface area contributed by atoms with Gasteiger partial charge >= 0.3 is 0 Å². The van der Waals surface area contributed by atoms with Gasteiger partial charge < -0.3 is 16.0 Å². The van der Waals surface area contributed by atoms with Crippen LogP contribution < -0.4 is 16.0 Å². The Morgan fingerprint density at radius 3 is 2.84 bits per heavy atom. The van der Waals surface area contributed by atoms with Crippen LogP contribution in [0.2, 0.25) is 0 Å². The highest BCUT2D eigenvalue weighted by atomic mass is 16.2. The van der Waals surface area contributed by atoms with Gasteiger partial charge in [-0.2, -0.15) is 0 Å². The highest BCUT2D eigenvalue weighted by Gasteiger charge is 2.32. The van der Waals surface area contributed by atoms with E-state index in [4.69, 9.17) is 5.73 Å². The van der Waals surface area contributed by atoms with Gasteiger partial charge in [0, 0.05) is 30.4 Å². The number of nitrogens with zero attached hydrogens (tertiary/aromatic N) is 1. The van der Waals surface area contributed by atoms with Crippen LogP contribution >= 0.6 is 0 Å². The Hall–Kier alpha value is -1.88. The van der Waals surface area contributed by atoms with Crippen molar-refractivity contribution < 1.29 is 9.59 Å². The molecule has 3 N–H and O–H groups in total. The molecule has 5 heteroatoms. The monoisotopic (exact) mass is 259 g/mol. The van der Waals surface area contributed by atoms with Crippen LogP contribution in [0.15, 0.2) is 18.2 Å². The van der Waals surface area contributed by atoms with Gasteiger partial charge in [-0.3, -0.25) is 9.59 Å². The van der Waals surface area contributed by atoms with Crippen LogP contribution in [0.3, 0.4) is 0 Å². The topological polar surface area (TPSA) is 75.4 Å². The Balaban J connectivity index is 1.72. The summed E-state index contributed by atoms with van der Waals surface area (Å²) in [6.07, 6.45) is 1.93. The molecule has 3 rings (SSSR count). The molecule has 100 valence electrons. The van der Waals surface area contributed by atoms with Gasteiger partial charge in [0.25, 0.3) is 0 Å². The van der Waals surface area contributed by atoms with E-state index < -0.39 is 0 Å². The van der Waals surface area contributed by atoms with E-state index in [0.29, 0.717) is 6.42 Å². The molecule has 1 aromatic carbocycles. The van der Waals surface area contributed by atoms with Crippen molar-refractivity contribution in [3.05, 3.63) is 23.8 Å². The molecule has 19 heavy (non-hydrogen) atoms. The second kappa shape index (κ2) is 4.35. The summed E-state index contributed by atoms with van der Waals surface area (Å²) in [5.41, 5.74) is 8.33. The molecule has 0 bridgehead atoms. The Bertz CT molecular complexity index is 550. The molecule has 1 aromatic rings. The zero-order valence-electron chi connectivity index (χ0n) is 10.8. The molecule has 0 radical (unpaired) electrons. The normalized spacial score (nSPS) is 24.9. The minimum absolute atomic E-state index is 0.0272. The second-order valence-corrected chi connectivity index (χ2v) is 5.39. The van der Waals surface area contributed by atoms with Crippen molar-refractivity contribution in [2.45, 2.75) is 25.3 Å². The molecule has 1 saturated carbocycles. The number of nitrogens with one attached hydrogen (secondary N) is 1. The summed E-state index contributed by atoms with van der Waals surface area (Å²) < 4.78 is 0. The Morgan fingerprint density at radius 1 is 1.42 bits per heavy atom. The number of carbonyl (C=O) groups excluding carboxylic acids is 2. The molecular formula is C14H17N3O2. The van der Waals surface area contributed by atoms with Crippen LogP contribution in [0.1, 0.15) is 18.4 Å². The molecular weight excluding hydrogens is 242 g/mol. The maximum atomic E-state index is 11.9. The molecule has 0 unspecified atom stereocenters. The zero-order valence-corrected chi connectivity index (χ0v) is 10.8.